The first-order chi connectivity index (χ1) is 13.5. The van der Waals surface area contributed by atoms with Gasteiger partial charge in [0.05, 0.1) is 18.2 Å². The number of ether oxygens (including phenoxy) is 1. The number of methoxy groups -OCH3 is 1. The van der Waals surface area contributed by atoms with Gasteiger partial charge in [-0.1, -0.05) is 23.7 Å². The number of carbonyl (C=O) groups is 2. The van der Waals surface area contributed by atoms with Crippen LogP contribution in [0.2, 0.25) is 5.02 Å². The largest absolute Gasteiger partial charge is 0.465 e. The predicted molar refractivity (Wildman–Crippen MR) is 109 cm³/mol. The first-order valence-electron chi connectivity index (χ1n) is 8.49. The summed E-state index contributed by atoms with van der Waals surface area (Å²) in [7, 11) is 1.32. The van der Waals surface area contributed by atoms with Crippen LogP contribution in [-0.4, -0.2) is 24.0 Å². The summed E-state index contributed by atoms with van der Waals surface area (Å²) in [5.74, 6) is -0.0553. The van der Waals surface area contributed by atoms with Crippen LogP contribution < -0.4 is 10.6 Å². The molecule has 2 aromatic carbocycles. The number of nitrogens with zero attached hydrogens (tertiary/aromatic N) is 1. The highest BCUT2D eigenvalue weighted by atomic mass is 35.5. The minimum Gasteiger partial charge on any atom is -0.465 e. The number of benzene rings is 2. The molecule has 6 nitrogen and oxygen atoms in total. The Morgan fingerprint density at radius 2 is 1.64 bits per heavy atom. The Labute approximate surface area is 167 Å². The zero-order valence-corrected chi connectivity index (χ0v) is 15.9. The summed E-state index contributed by atoms with van der Waals surface area (Å²) in [4.78, 5) is 28.0. The zero-order chi connectivity index (χ0) is 19.9. The van der Waals surface area contributed by atoms with Gasteiger partial charge < -0.3 is 15.4 Å². The Hall–Kier alpha value is -3.38. The van der Waals surface area contributed by atoms with E-state index in [1.807, 2.05) is 24.3 Å². The summed E-state index contributed by atoms with van der Waals surface area (Å²) in [5.41, 5.74) is 2.48. The van der Waals surface area contributed by atoms with Crippen LogP contribution in [0, 0.1) is 0 Å². The second kappa shape index (κ2) is 9.01. The topological polar surface area (TPSA) is 80.3 Å². The van der Waals surface area contributed by atoms with Gasteiger partial charge >= 0.3 is 5.97 Å². The van der Waals surface area contributed by atoms with Crippen molar-refractivity contribution in [2.45, 2.75) is 6.54 Å². The maximum absolute atomic E-state index is 12.3. The number of esters is 1. The van der Waals surface area contributed by atoms with Crippen LogP contribution in [0.3, 0.4) is 0 Å². The fraction of sp³-hybridized carbons (Fsp3) is 0.0952. The molecule has 1 heterocycles. The van der Waals surface area contributed by atoms with Gasteiger partial charge in [0, 0.05) is 23.5 Å². The Balaban J connectivity index is 1.57. The highest BCUT2D eigenvalue weighted by Crippen LogP contribution is 2.14. The second-order valence-electron chi connectivity index (χ2n) is 5.94. The summed E-state index contributed by atoms with van der Waals surface area (Å²) in [6, 6.07) is 17.4. The van der Waals surface area contributed by atoms with Gasteiger partial charge in [-0.2, -0.15) is 0 Å². The molecule has 142 valence electrons. The molecule has 3 aromatic rings. The van der Waals surface area contributed by atoms with Crippen molar-refractivity contribution in [1.29, 1.82) is 0 Å². The summed E-state index contributed by atoms with van der Waals surface area (Å²) < 4.78 is 4.64. The van der Waals surface area contributed by atoms with Crippen molar-refractivity contribution >= 4 is 35.0 Å². The summed E-state index contributed by atoms with van der Waals surface area (Å²) in [5, 5.41) is 6.64. The average Bonchev–Trinajstić information content (AvgIpc) is 2.73. The van der Waals surface area contributed by atoms with Crippen molar-refractivity contribution in [2.75, 3.05) is 17.7 Å². The van der Waals surface area contributed by atoms with Crippen LogP contribution in [0.1, 0.15) is 26.3 Å². The molecule has 1 aromatic heterocycles. The van der Waals surface area contributed by atoms with Gasteiger partial charge in [-0.25, -0.2) is 9.78 Å². The molecule has 1 amide bonds. The lowest BCUT2D eigenvalue weighted by atomic mass is 10.2. The van der Waals surface area contributed by atoms with E-state index in [1.165, 1.54) is 13.3 Å². The number of amides is 1. The minimum absolute atomic E-state index is 0.289. The minimum atomic E-state index is -0.427. The fourth-order valence-corrected chi connectivity index (χ4v) is 2.56. The molecule has 28 heavy (non-hydrogen) atoms. The zero-order valence-electron chi connectivity index (χ0n) is 15.1. The van der Waals surface area contributed by atoms with Gasteiger partial charge in [-0.3, -0.25) is 4.79 Å². The molecule has 0 unspecified atom stereocenters. The van der Waals surface area contributed by atoms with E-state index in [4.69, 9.17) is 11.6 Å². The number of hydrogen-bond donors (Lipinski definition) is 2. The third-order valence-corrected chi connectivity index (χ3v) is 4.23. The normalized spacial score (nSPS) is 10.2. The quantitative estimate of drug-likeness (QED) is 0.605. The van der Waals surface area contributed by atoms with Gasteiger partial charge in [0.2, 0.25) is 0 Å². The number of carbonyl (C=O) groups excluding carboxylic acids is 2. The maximum atomic E-state index is 12.3. The van der Waals surface area contributed by atoms with Crippen molar-refractivity contribution in [2.24, 2.45) is 0 Å². The summed E-state index contributed by atoms with van der Waals surface area (Å²) in [6.45, 7) is 0.599. The van der Waals surface area contributed by atoms with E-state index < -0.39 is 5.97 Å². The molecule has 0 fully saturated rings. The first-order valence-corrected chi connectivity index (χ1v) is 8.87. The van der Waals surface area contributed by atoms with Crippen LogP contribution in [0.4, 0.5) is 11.5 Å². The van der Waals surface area contributed by atoms with E-state index in [-0.39, 0.29) is 5.91 Å². The molecule has 0 aliphatic carbocycles. The Morgan fingerprint density at radius 3 is 2.25 bits per heavy atom. The monoisotopic (exact) mass is 395 g/mol. The Kier molecular flexibility index (Phi) is 6.24. The van der Waals surface area contributed by atoms with E-state index in [2.05, 4.69) is 20.4 Å². The summed E-state index contributed by atoms with van der Waals surface area (Å²) >= 11 is 5.87. The van der Waals surface area contributed by atoms with Crippen LogP contribution in [-0.2, 0) is 11.3 Å². The molecular formula is C21H18ClN3O3. The van der Waals surface area contributed by atoms with E-state index in [9.17, 15) is 9.59 Å². The van der Waals surface area contributed by atoms with Crippen molar-refractivity contribution < 1.29 is 14.3 Å². The first kappa shape index (κ1) is 19.4. The van der Waals surface area contributed by atoms with Crippen LogP contribution >= 0.6 is 11.6 Å². The molecule has 3 rings (SSSR count). The summed E-state index contributed by atoms with van der Waals surface area (Å²) in [6.07, 6.45) is 1.50. The van der Waals surface area contributed by atoms with Gasteiger partial charge in [-0.05, 0) is 54.1 Å². The predicted octanol–water partition coefficient (Wildman–Crippen LogP) is 4.39. The number of nitrogens with one attached hydrogen (secondary N) is 2. The highest BCUT2D eigenvalue weighted by Gasteiger charge is 2.09. The number of hydrogen-bond acceptors (Lipinski definition) is 5. The van der Waals surface area contributed by atoms with E-state index >= 15 is 0 Å². The van der Waals surface area contributed by atoms with Crippen LogP contribution in [0.5, 0.6) is 0 Å². The number of pyridine rings is 1. The molecule has 0 aliphatic heterocycles. The van der Waals surface area contributed by atoms with Crippen molar-refractivity contribution in [3.05, 3.63) is 88.6 Å². The second-order valence-corrected chi connectivity index (χ2v) is 6.37. The third kappa shape index (κ3) is 5.08. The number of rotatable bonds is 6. The average molecular weight is 396 g/mol. The van der Waals surface area contributed by atoms with Gasteiger partial charge in [0.1, 0.15) is 5.82 Å². The smallest absolute Gasteiger partial charge is 0.337 e. The molecule has 7 heteroatoms. The van der Waals surface area contributed by atoms with Gasteiger partial charge in [-0.15, -0.1) is 0 Å². The van der Waals surface area contributed by atoms with Crippen LogP contribution in [0.25, 0.3) is 0 Å². The Bertz CT molecular complexity index is 956. The lowest BCUT2D eigenvalue weighted by Gasteiger charge is -2.08. The third-order valence-electron chi connectivity index (χ3n) is 3.98. The van der Waals surface area contributed by atoms with Crippen molar-refractivity contribution in [1.82, 2.24) is 4.98 Å². The SMILES string of the molecule is COC(=O)c1ccc(NC(=O)c2ccc(NCc3ccc(Cl)cc3)nc2)cc1. The molecule has 0 saturated carbocycles. The molecule has 0 aliphatic rings. The van der Waals surface area contributed by atoms with E-state index in [0.29, 0.717) is 34.2 Å². The van der Waals surface area contributed by atoms with E-state index in [1.54, 1.807) is 36.4 Å². The lowest BCUT2D eigenvalue weighted by Crippen LogP contribution is -2.13. The molecular weight excluding hydrogens is 378 g/mol. The molecule has 0 spiro atoms. The van der Waals surface area contributed by atoms with E-state index in [0.717, 1.165) is 5.56 Å². The molecule has 0 atom stereocenters. The molecule has 2 N–H and O–H groups in total. The lowest BCUT2D eigenvalue weighted by molar-refractivity contribution is 0.0600. The molecule has 0 saturated heterocycles. The standard InChI is InChI=1S/C21H18ClN3O3/c1-28-21(27)15-4-9-18(10-5-15)25-20(26)16-6-11-19(24-13-16)23-12-14-2-7-17(22)8-3-14/h2-11,13H,12H2,1H3,(H,23,24)(H,25,26). The van der Waals surface area contributed by atoms with Crippen molar-refractivity contribution in [3.8, 4) is 0 Å². The maximum Gasteiger partial charge on any atom is 0.337 e. The van der Waals surface area contributed by atoms with Crippen molar-refractivity contribution in [3.63, 3.8) is 0 Å². The molecule has 0 radical (unpaired) electrons. The number of halogens is 1. The fourth-order valence-electron chi connectivity index (χ4n) is 2.44. The molecule has 0 bridgehead atoms. The van der Waals surface area contributed by atoms with Gasteiger partial charge in [0.25, 0.3) is 5.91 Å². The number of aromatic nitrogens is 1. The highest BCUT2D eigenvalue weighted by molar-refractivity contribution is 6.30. The van der Waals surface area contributed by atoms with Crippen LogP contribution in [0.15, 0.2) is 66.9 Å². The number of anilines is 2. The Morgan fingerprint density at radius 1 is 0.964 bits per heavy atom. The van der Waals surface area contributed by atoms with Gasteiger partial charge in [0.15, 0.2) is 0 Å².